The zero-order valence-corrected chi connectivity index (χ0v) is 14.4. The van der Waals surface area contributed by atoms with Crippen LogP contribution in [-0.2, 0) is 4.79 Å². The number of hydrogen-bond donors (Lipinski definition) is 1. The van der Waals surface area contributed by atoms with Gasteiger partial charge in [0, 0.05) is 18.5 Å². The molecule has 2 aromatic heterocycles. The van der Waals surface area contributed by atoms with Gasteiger partial charge in [-0.3, -0.25) is 14.2 Å². The molecule has 2 rings (SSSR count). The minimum Gasteiger partial charge on any atom is -0.344 e. The standard InChI is InChI=1S/C14H19N3O2S2/c1-6-16(5)12(18)8(3)17-13(19)10-7(2)9(4)21-11(10)15-14(17)20/h8H,6H2,1-5H3,(H,15,20). The van der Waals surface area contributed by atoms with E-state index in [-0.39, 0.29) is 11.5 Å². The number of aromatic amines is 1. The van der Waals surface area contributed by atoms with Gasteiger partial charge in [-0.2, -0.15) is 0 Å². The SMILES string of the molecule is CCN(C)C(=O)C(C)n1c(=S)[nH]c2sc(C)c(C)c2c1=O. The van der Waals surface area contributed by atoms with Crippen LogP contribution in [0.5, 0.6) is 0 Å². The highest BCUT2D eigenvalue weighted by Crippen LogP contribution is 2.26. The largest absolute Gasteiger partial charge is 0.344 e. The quantitative estimate of drug-likeness (QED) is 0.883. The number of likely N-dealkylation sites (N-methyl/N-ethyl adjacent to an activating group) is 1. The Hall–Kier alpha value is -1.47. The van der Waals surface area contributed by atoms with Gasteiger partial charge in [-0.25, -0.2) is 0 Å². The fourth-order valence-electron chi connectivity index (χ4n) is 2.28. The number of thiophene rings is 1. The van der Waals surface area contributed by atoms with E-state index in [0.29, 0.717) is 16.7 Å². The summed E-state index contributed by atoms with van der Waals surface area (Å²) in [7, 11) is 1.72. The Balaban J connectivity index is 2.70. The van der Waals surface area contributed by atoms with Gasteiger partial charge in [0.15, 0.2) is 4.77 Å². The van der Waals surface area contributed by atoms with Gasteiger partial charge in [-0.15, -0.1) is 11.3 Å². The van der Waals surface area contributed by atoms with Crippen LogP contribution in [0.4, 0.5) is 0 Å². The molecule has 5 nitrogen and oxygen atoms in total. The van der Waals surface area contributed by atoms with E-state index in [9.17, 15) is 9.59 Å². The molecule has 1 unspecified atom stereocenters. The molecule has 0 fully saturated rings. The summed E-state index contributed by atoms with van der Waals surface area (Å²) in [6, 6.07) is -0.616. The van der Waals surface area contributed by atoms with Crippen LogP contribution >= 0.6 is 23.6 Å². The van der Waals surface area contributed by atoms with Crippen LogP contribution in [0.2, 0.25) is 0 Å². The van der Waals surface area contributed by atoms with Gasteiger partial charge in [0.05, 0.1) is 5.39 Å². The fourth-order valence-corrected chi connectivity index (χ4v) is 3.74. The molecule has 0 spiro atoms. The van der Waals surface area contributed by atoms with E-state index in [2.05, 4.69) is 4.98 Å². The molecular formula is C14H19N3O2S2. The van der Waals surface area contributed by atoms with Gasteiger partial charge in [-0.05, 0) is 45.5 Å². The zero-order valence-electron chi connectivity index (χ0n) is 12.8. The molecule has 1 N–H and O–H groups in total. The van der Waals surface area contributed by atoms with Crippen molar-refractivity contribution in [1.82, 2.24) is 14.5 Å². The summed E-state index contributed by atoms with van der Waals surface area (Å²) < 4.78 is 1.67. The first-order valence-corrected chi connectivity index (χ1v) is 8.01. The lowest BCUT2D eigenvalue weighted by Crippen LogP contribution is -2.37. The Labute approximate surface area is 132 Å². The highest BCUT2D eigenvalue weighted by Gasteiger charge is 2.22. The zero-order chi connectivity index (χ0) is 15.9. The summed E-state index contributed by atoms with van der Waals surface area (Å²) in [5, 5.41) is 0.630. The van der Waals surface area contributed by atoms with Crippen LogP contribution < -0.4 is 5.56 Å². The second-order valence-electron chi connectivity index (χ2n) is 5.12. The minimum absolute atomic E-state index is 0.122. The van der Waals surface area contributed by atoms with Crippen molar-refractivity contribution < 1.29 is 4.79 Å². The Morgan fingerprint density at radius 1 is 1.48 bits per heavy atom. The molecule has 1 amide bonds. The number of aromatic nitrogens is 2. The molecule has 7 heteroatoms. The molecular weight excluding hydrogens is 306 g/mol. The van der Waals surface area contributed by atoms with Crippen molar-refractivity contribution in [2.45, 2.75) is 33.7 Å². The Morgan fingerprint density at radius 2 is 2.10 bits per heavy atom. The third-order valence-electron chi connectivity index (χ3n) is 3.85. The molecule has 0 radical (unpaired) electrons. The normalized spacial score (nSPS) is 12.6. The number of H-pyrrole nitrogens is 1. The van der Waals surface area contributed by atoms with Crippen molar-refractivity contribution in [3.63, 3.8) is 0 Å². The third kappa shape index (κ3) is 2.55. The number of hydrogen-bond acceptors (Lipinski definition) is 4. The van der Waals surface area contributed by atoms with Crippen LogP contribution in [-0.4, -0.2) is 34.0 Å². The lowest BCUT2D eigenvalue weighted by atomic mass is 10.2. The number of rotatable bonds is 3. The van der Waals surface area contributed by atoms with Crippen molar-refractivity contribution in [2.24, 2.45) is 0 Å². The van der Waals surface area contributed by atoms with E-state index in [1.165, 1.54) is 15.9 Å². The van der Waals surface area contributed by atoms with Gasteiger partial charge in [0.1, 0.15) is 10.9 Å². The van der Waals surface area contributed by atoms with Crippen LogP contribution in [0, 0.1) is 18.6 Å². The van der Waals surface area contributed by atoms with Gasteiger partial charge in [0.2, 0.25) is 5.91 Å². The Kier molecular flexibility index (Phi) is 4.34. The highest BCUT2D eigenvalue weighted by molar-refractivity contribution is 7.71. The maximum absolute atomic E-state index is 12.8. The number of amides is 1. The monoisotopic (exact) mass is 325 g/mol. The molecule has 114 valence electrons. The van der Waals surface area contributed by atoms with E-state index < -0.39 is 6.04 Å². The second kappa shape index (κ2) is 5.73. The molecule has 0 aromatic carbocycles. The van der Waals surface area contributed by atoms with Gasteiger partial charge < -0.3 is 9.88 Å². The van der Waals surface area contributed by atoms with Gasteiger partial charge in [-0.1, -0.05) is 0 Å². The van der Waals surface area contributed by atoms with Crippen molar-refractivity contribution in [2.75, 3.05) is 13.6 Å². The topological polar surface area (TPSA) is 58.1 Å². The first kappa shape index (κ1) is 15.9. The summed E-state index contributed by atoms with van der Waals surface area (Å²) in [6.07, 6.45) is 0. The summed E-state index contributed by atoms with van der Waals surface area (Å²) in [6.45, 7) is 8.08. The van der Waals surface area contributed by atoms with E-state index >= 15 is 0 Å². The van der Waals surface area contributed by atoms with Crippen molar-refractivity contribution in [1.29, 1.82) is 0 Å². The number of carbonyl (C=O) groups is 1. The van der Waals surface area contributed by atoms with Crippen molar-refractivity contribution in [3.8, 4) is 0 Å². The molecule has 0 saturated heterocycles. The van der Waals surface area contributed by atoms with Crippen LogP contribution in [0.15, 0.2) is 4.79 Å². The maximum atomic E-state index is 12.8. The van der Waals surface area contributed by atoms with Crippen molar-refractivity contribution >= 4 is 39.7 Å². The predicted molar refractivity (Wildman–Crippen MR) is 88.8 cm³/mol. The second-order valence-corrected chi connectivity index (χ2v) is 6.73. The van der Waals surface area contributed by atoms with Crippen LogP contribution in [0.25, 0.3) is 10.2 Å². The van der Waals surface area contributed by atoms with Gasteiger partial charge in [0.25, 0.3) is 5.56 Å². The highest BCUT2D eigenvalue weighted by atomic mass is 32.1. The first-order valence-electron chi connectivity index (χ1n) is 6.79. The lowest BCUT2D eigenvalue weighted by molar-refractivity contribution is -0.132. The van der Waals surface area contributed by atoms with Crippen LogP contribution in [0.1, 0.15) is 30.3 Å². The van der Waals surface area contributed by atoms with Gasteiger partial charge >= 0.3 is 0 Å². The average molecular weight is 325 g/mol. The van der Waals surface area contributed by atoms with E-state index in [0.717, 1.165) is 15.3 Å². The molecule has 0 aliphatic carbocycles. The van der Waals surface area contributed by atoms with Crippen LogP contribution in [0.3, 0.4) is 0 Å². The summed E-state index contributed by atoms with van der Waals surface area (Å²) in [5.74, 6) is -0.122. The number of fused-ring (bicyclic) bond motifs is 1. The third-order valence-corrected chi connectivity index (χ3v) is 5.27. The summed E-state index contributed by atoms with van der Waals surface area (Å²) >= 11 is 6.80. The van der Waals surface area contributed by atoms with E-state index in [4.69, 9.17) is 12.2 Å². The van der Waals surface area contributed by atoms with E-state index in [1.807, 2.05) is 20.8 Å². The molecule has 0 saturated carbocycles. The predicted octanol–water partition coefficient (Wildman–Crippen LogP) is 2.78. The smallest absolute Gasteiger partial charge is 0.264 e. The molecule has 21 heavy (non-hydrogen) atoms. The molecule has 0 bridgehead atoms. The summed E-state index contributed by atoms with van der Waals surface area (Å²) in [4.78, 5) is 31.6. The fraction of sp³-hybridized carbons (Fsp3) is 0.500. The Bertz CT molecular complexity index is 816. The first-order chi connectivity index (χ1) is 9.79. The molecule has 2 aromatic rings. The lowest BCUT2D eigenvalue weighted by Gasteiger charge is -2.21. The Morgan fingerprint density at radius 3 is 2.67 bits per heavy atom. The average Bonchev–Trinajstić information content (AvgIpc) is 2.71. The number of carbonyl (C=O) groups excluding carboxylic acids is 1. The van der Waals surface area contributed by atoms with Crippen molar-refractivity contribution in [3.05, 3.63) is 25.6 Å². The number of nitrogens with zero attached hydrogens (tertiary/aromatic N) is 2. The molecule has 0 aliphatic heterocycles. The maximum Gasteiger partial charge on any atom is 0.264 e. The summed E-state index contributed by atoms with van der Waals surface area (Å²) in [5.41, 5.74) is 0.754. The number of nitrogens with one attached hydrogen (secondary N) is 1. The number of aryl methyl sites for hydroxylation is 2. The van der Waals surface area contributed by atoms with E-state index in [1.54, 1.807) is 18.9 Å². The molecule has 1 atom stereocenters. The molecule has 2 heterocycles. The minimum atomic E-state index is -0.616. The molecule has 0 aliphatic rings.